The van der Waals surface area contributed by atoms with E-state index >= 15 is 0 Å². The van der Waals surface area contributed by atoms with Gasteiger partial charge in [-0.05, 0) is 35.9 Å². The number of rotatable bonds is 4. The molecule has 1 heterocycles. The van der Waals surface area contributed by atoms with Crippen LogP contribution in [0.2, 0.25) is 0 Å². The number of carboxylic acids is 1. The molecule has 0 saturated carbocycles. The molecule has 5 nitrogen and oxygen atoms in total. The number of fused-ring (bicyclic) bond motifs is 1. The van der Waals surface area contributed by atoms with Crippen LogP contribution in [0, 0.1) is 0 Å². The number of benzene rings is 2. The van der Waals surface area contributed by atoms with E-state index in [9.17, 15) is 9.59 Å². The van der Waals surface area contributed by atoms with Gasteiger partial charge in [0.15, 0.2) is 6.10 Å². The van der Waals surface area contributed by atoms with Crippen molar-refractivity contribution in [1.82, 2.24) is 0 Å². The van der Waals surface area contributed by atoms with Crippen molar-refractivity contribution >= 4 is 11.8 Å². The van der Waals surface area contributed by atoms with Gasteiger partial charge in [-0.1, -0.05) is 12.1 Å². The molecule has 112 valence electrons. The summed E-state index contributed by atoms with van der Waals surface area (Å²) in [5.41, 5.74) is 1.59. The highest BCUT2D eigenvalue weighted by Crippen LogP contribution is 2.33. The third kappa shape index (κ3) is 2.53. The van der Waals surface area contributed by atoms with Crippen LogP contribution in [0.3, 0.4) is 0 Å². The topological polar surface area (TPSA) is 72.8 Å². The second kappa shape index (κ2) is 5.52. The number of ketones is 1. The molecule has 2 aromatic rings. The zero-order chi connectivity index (χ0) is 15.7. The molecule has 0 aromatic heterocycles. The van der Waals surface area contributed by atoms with Gasteiger partial charge in [-0.25, -0.2) is 4.79 Å². The predicted molar refractivity (Wildman–Crippen MR) is 78.8 cm³/mol. The lowest BCUT2D eigenvalue weighted by atomic mass is 10.0. The average molecular weight is 298 g/mol. The molecule has 0 spiro atoms. The van der Waals surface area contributed by atoms with E-state index in [2.05, 4.69) is 0 Å². The highest BCUT2D eigenvalue weighted by Gasteiger charge is 2.32. The Bertz CT molecular complexity index is 733. The molecule has 1 aliphatic heterocycles. The Morgan fingerprint density at radius 2 is 1.95 bits per heavy atom. The van der Waals surface area contributed by atoms with Crippen molar-refractivity contribution in [3.8, 4) is 11.5 Å². The SMILES string of the molecule is COc1ccc2c(c1)C(=O)C(Cc1ccc(C(=O)O)cc1)O2. The molecule has 2 aromatic carbocycles. The maximum absolute atomic E-state index is 12.4. The fourth-order valence-corrected chi connectivity index (χ4v) is 2.44. The molecule has 0 fully saturated rings. The van der Waals surface area contributed by atoms with Crippen LogP contribution in [0.4, 0.5) is 0 Å². The number of carbonyl (C=O) groups is 2. The maximum Gasteiger partial charge on any atom is 0.335 e. The second-order valence-electron chi connectivity index (χ2n) is 5.04. The van der Waals surface area contributed by atoms with E-state index in [-0.39, 0.29) is 11.3 Å². The van der Waals surface area contributed by atoms with Gasteiger partial charge in [-0.2, -0.15) is 0 Å². The lowest BCUT2D eigenvalue weighted by Crippen LogP contribution is -2.23. The molecule has 0 aliphatic carbocycles. The van der Waals surface area contributed by atoms with Gasteiger partial charge >= 0.3 is 5.97 Å². The van der Waals surface area contributed by atoms with Crippen LogP contribution >= 0.6 is 0 Å². The Balaban J connectivity index is 1.77. The maximum atomic E-state index is 12.4. The number of hydrogen-bond donors (Lipinski definition) is 1. The Kier molecular flexibility index (Phi) is 3.55. The first-order valence-electron chi connectivity index (χ1n) is 6.79. The Labute approximate surface area is 127 Å². The summed E-state index contributed by atoms with van der Waals surface area (Å²) in [6.45, 7) is 0. The van der Waals surface area contributed by atoms with Gasteiger partial charge in [0, 0.05) is 6.42 Å². The quantitative estimate of drug-likeness (QED) is 0.939. The van der Waals surface area contributed by atoms with Gasteiger partial charge < -0.3 is 14.6 Å². The van der Waals surface area contributed by atoms with Crippen LogP contribution in [0.5, 0.6) is 11.5 Å². The van der Waals surface area contributed by atoms with Crippen molar-refractivity contribution in [3.05, 3.63) is 59.2 Å². The lowest BCUT2D eigenvalue weighted by Gasteiger charge is -2.09. The summed E-state index contributed by atoms with van der Waals surface area (Å²) in [5.74, 6) is 0.107. The monoisotopic (exact) mass is 298 g/mol. The summed E-state index contributed by atoms with van der Waals surface area (Å²) in [6.07, 6.45) is -0.187. The number of ether oxygens (including phenoxy) is 2. The summed E-state index contributed by atoms with van der Waals surface area (Å²) in [5, 5.41) is 8.88. The van der Waals surface area contributed by atoms with E-state index in [0.717, 1.165) is 5.56 Å². The smallest absolute Gasteiger partial charge is 0.335 e. The highest BCUT2D eigenvalue weighted by atomic mass is 16.5. The van der Waals surface area contributed by atoms with Crippen molar-refractivity contribution in [3.63, 3.8) is 0 Å². The van der Waals surface area contributed by atoms with Crippen LogP contribution in [0.15, 0.2) is 42.5 Å². The molecule has 1 aliphatic rings. The molecule has 22 heavy (non-hydrogen) atoms. The molecule has 0 radical (unpaired) electrons. The van der Waals surface area contributed by atoms with E-state index < -0.39 is 12.1 Å². The second-order valence-corrected chi connectivity index (χ2v) is 5.04. The van der Waals surface area contributed by atoms with Crippen LogP contribution in [0.25, 0.3) is 0 Å². The Hall–Kier alpha value is -2.82. The van der Waals surface area contributed by atoms with Crippen molar-refractivity contribution in [2.24, 2.45) is 0 Å². The van der Waals surface area contributed by atoms with E-state index in [1.54, 1.807) is 37.4 Å². The molecule has 0 saturated heterocycles. The molecule has 1 N–H and O–H groups in total. The zero-order valence-electron chi connectivity index (χ0n) is 11.9. The third-order valence-electron chi connectivity index (χ3n) is 3.64. The van der Waals surface area contributed by atoms with Gasteiger partial charge in [-0.15, -0.1) is 0 Å². The molecule has 1 atom stereocenters. The molecule has 5 heteroatoms. The average Bonchev–Trinajstić information content (AvgIpc) is 2.83. The lowest BCUT2D eigenvalue weighted by molar-refractivity contribution is 0.0696. The highest BCUT2D eigenvalue weighted by molar-refractivity contribution is 6.05. The van der Waals surface area contributed by atoms with Gasteiger partial charge in [0.2, 0.25) is 5.78 Å². The number of carboxylic acid groups (broad SMARTS) is 1. The Morgan fingerprint density at radius 3 is 2.59 bits per heavy atom. The van der Waals surface area contributed by atoms with Gasteiger partial charge in [0.1, 0.15) is 11.5 Å². The van der Waals surface area contributed by atoms with E-state index in [1.807, 2.05) is 0 Å². The van der Waals surface area contributed by atoms with Gasteiger partial charge in [0.05, 0.1) is 18.2 Å². The number of Topliss-reactive ketones (excluding diaryl/α,β-unsaturated/α-hetero) is 1. The largest absolute Gasteiger partial charge is 0.497 e. The standard InChI is InChI=1S/C17H14O5/c1-21-12-6-7-14-13(9-12)16(18)15(22-14)8-10-2-4-11(5-3-10)17(19)20/h2-7,9,15H,8H2,1H3,(H,19,20). The third-order valence-corrected chi connectivity index (χ3v) is 3.64. The van der Waals surface area contributed by atoms with Crippen LogP contribution < -0.4 is 9.47 Å². The van der Waals surface area contributed by atoms with Gasteiger partial charge in [0.25, 0.3) is 0 Å². The number of hydrogen-bond acceptors (Lipinski definition) is 4. The first-order chi connectivity index (χ1) is 10.6. The van der Waals surface area contributed by atoms with Crippen molar-refractivity contribution in [2.75, 3.05) is 7.11 Å². The van der Waals surface area contributed by atoms with E-state index in [0.29, 0.717) is 23.5 Å². The van der Waals surface area contributed by atoms with Crippen molar-refractivity contribution < 1.29 is 24.2 Å². The van der Waals surface area contributed by atoms with E-state index in [4.69, 9.17) is 14.6 Å². The first-order valence-corrected chi connectivity index (χ1v) is 6.79. The molecular weight excluding hydrogens is 284 g/mol. The van der Waals surface area contributed by atoms with Gasteiger partial charge in [-0.3, -0.25) is 4.79 Å². The molecule has 0 bridgehead atoms. The molecular formula is C17H14O5. The fourth-order valence-electron chi connectivity index (χ4n) is 2.44. The summed E-state index contributed by atoms with van der Waals surface area (Å²) in [7, 11) is 1.55. The number of methoxy groups -OCH3 is 1. The molecule has 3 rings (SSSR count). The van der Waals surface area contributed by atoms with Crippen molar-refractivity contribution in [2.45, 2.75) is 12.5 Å². The Morgan fingerprint density at radius 1 is 1.23 bits per heavy atom. The van der Waals surface area contributed by atoms with E-state index in [1.165, 1.54) is 12.1 Å². The first kappa shape index (κ1) is 14.1. The zero-order valence-corrected chi connectivity index (χ0v) is 11.9. The van der Waals surface area contributed by atoms with Crippen LogP contribution in [-0.2, 0) is 6.42 Å². The van der Waals surface area contributed by atoms with Crippen LogP contribution in [-0.4, -0.2) is 30.1 Å². The van der Waals surface area contributed by atoms with Crippen LogP contribution in [0.1, 0.15) is 26.3 Å². The minimum Gasteiger partial charge on any atom is -0.497 e. The summed E-state index contributed by atoms with van der Waals surface area (Å²) < 4.78 is 10.8. The molecule has 0 amide bonds. The predicted octanol–water partition coefficient (Wildman–Crippen LogP) is 2.58. The summed E-state index contributed by atoms with van der Waals surface area (Å²) in [6, 6.07) is 11.6. The minimum absolute atomic E-state index is 0.0868. The summed E-state index contributed by atoms with van der Waals surface area (Å²) >= 11 is 0. The molecule has 1 unspecified atom stereocenters. The minimum atomic E-state index is -0.973. The summed E-state index contributed by atoms with van der Waals surface area (Å²) in [4.78, 5) is 23.2. The normalized spacial score (nSPS) is 16.0. The number of carbonyl (C=O) groups excluding carboxylic acids is 1. The number of aromatic carboxylic acids is 1. The fraction of sp³-hybridized carbons (Fsp3) is 0.176. The van der Waals surface area contributed by atoms with Crippen molar-refractivity contribution in [1.29, 1.82) is 0 Å².